The average molecular weight is 357 g/mol. The van der Waals surface area contributed by atoms with Gasteiger partial charge in [0.05, 0.1) is 11.7 Å². The largest absolute Gasteiger partial charge is 0.381 e. The first-order valence-electron chi connectivity index (χ1n) is 9.48. The van der Waals surface area contributed by atoms with Crippen molar-refractivity contribution in [2.75, 3.05) is 39.4 Å². The van der Waals surface area contributed by atoms with E-state index in [9.17, 15) is 4.79 Å². The van der Waals surface area contributed by atoms with Gasteiger partial charge < -0.3 is 19.8 Å². The quantitative estimate of drug-likeness (QED) is 0.873. The lowest BCUT2D eigenvalue weighted by atomic mass is 9.91. The highest BCUT2D eigenvalue weighted by molar-refractivity contribution is 5.82. The maximum atomic E-state index is 12.7. The Morgan fingerprint density at radius 2 is 2.00 bits per heavy atom. The third-order valence-electron chi connectivity index (χ3n) is 5.54. The van der Waals surface area contributed by atoms with Crippen molar-refractivity contribution in [1.29, 1.82) is 0 Å². The van der Waals surface area contributed by atoms with E-state index >= 15 is 0 Å². The van der Waals surface area contributed by atoms with Crippen LogP contribution >= 0.6 is 0 Å². The number of amides is 1. The summed E-state index contributed by atoms with van der Waals surface area (Å²) in [4.78, 5) is 21.6. The van der Waals surface area contributed by atoms with E-state index in [0.717, 1.165) is 70.1 Å². The molecule has 1 amide bonds. The molecular weight excluding hydrogens is 330 g/mol. The Morgan fingerprint density at radius 1 is 1.23 bits per heavy atom. The number of fused-ring (bicyclic) bond motifs is 1. The van der Waals surface area contributed by atoms with Crippen molar-refractivity contribution >= 4 is 11.6 Å². The normalized spacial score (nSPS) is 21.2. The van der Waals surface area contributed by atoms with Gasteiger partial charge in [-0.25, -0.2) is 4.98 Å². The van der Waals surface area contributed by atoms with E-state index in [1.165, 1.54) is 0 Å². The molecule has 4 heterocycles. The first-order chi connectivity index (χ1) is 12.7. The Labute approximate surface area is 153 Å². The van der Waals surface area contributed by atoms with Crippen LogP contribution in [0.3, 0.4) is 0 Å². The van der Waals surface area contributed by atoms with Crippen molar-refractivity contribution < 1.29 is 9.53 Å². The maximum Gasteiger partial charge on any atom is 0.239 e. The highest BCUT2D eigenvalue weighted by Crippen LogP contribution is 2.20. The lowest BCUT2D eigenvalue weighted by molar-refractivity contribution is -0.136. The zero-order valence-electron chi connectivity index (χ0n) is 15.1. The fourth-order valence-corrected chi connectivity index (χ4v) is 3.91. The minimum absolute atomic E-state index is 0.101. The number of rotatable bonds is 4. The van der Waals surface area contributed by atoms with E-state index in [1.807, 2.05) is 33.7 Å². The van der Waals surface area contributed by atoms with Crippen molar-refractivity contribution in [2.24, 2.45) is 11.7 Å². The van der Waals surface area contributed by atoms with Gasteiger partial charge in [-0.1, -0.05) is 6.07 Å². The number of aromatic nitrogens is 2. The lowest BCUT2D eigenvalue weighted by Gasteiger charge is -2.37. The molecule has 2 N–H and O–H groups in total. The molecule has 7 nitrogen and oxygen atoms in total. The van der Waals surface area contributed by atoms with Crippen molar-refractivity contribution in [3.63, 3.8) is 0 Å². The van der Waals surface area contributed by atoms with Gasteiger partial charge in [0.1, 0.15) is 5.65 Å². The summed E-state index contributed by atoms with van der Waals surface area (Å²) >= 11 is 0. The van der Waals surface area contributed by atoms with Crippen LogP contribution in [0.25, 0.3) is 5.65 Å². The molecule has 2 aromatic heterocycles. The standard InChI is InChI=1S/C19H27N5O2/c20-18(15-4-11-26-12-5-15)19(25)23-9-7-22(8-10-23)13-16-14-24-6-2-1-3-17(24)21-16/h1-3,6,14-15,18H,4-5,7-13,20H2. The molecule has 2 aromatic rings. The van der Waals surface area contributed by atoms with Crippen LogP contribution in [0, 0.1) is 5.92 Å². The number of carbonyl (C=O) groups excluding carboxylic acids is 1. The fourth-order valence-electron chi connectivity index (χ4n) is 3.91. The summed E-state index contributed by atoms with van der Waals surface area (Å²) in [5.41, 5.74) is 8.29. The third-order valence-corrected chi connectivity index (χ3v) is 5.54. The molecule has 0 saturated carbocycles. The van der Waals surface area contributed by atoms with Crippen LogP contribution in [0.15, 0.2) is 30.6 Å². The summed E-state index contributed by atoms with van der Waals surface area (Å²) in [6, 6.07) is 5.63. The Hall–Kier alpha value is -1.96. The molecule has 7 heteroatoms. The molecule has 2 saturated heterocycles. The predicted octanol–water partition coefficient (Wildman–Crippen LogP) is 0.732. The highest BCUT2D eigenvalue weighted by atomic mass is 16.5. The first-order valence-corrected chi connectivity index (χ1v) is 9.48. The van der Waals surface area contributed by atoms with E-state index < -0.39 is 0 Å². The van der Waals surface area contributed by atoms with E-state index in [-0.39, 0.29) is 17.9 Å². The topological polar surface area (TPSA) is 76.1 Å². The predicted molar refractivity (Wildman–Crippen MR) is 98.6 cm³/mol. The second-order valence-corrected chi connectivity index (χ2v) is 7.28. The van der Waals surface area contributed by atoms with Gasteiger partial charge in [-0.2, -0.15) is 0 Å². The molecular formula is C19H27N5O2. The molecule has 26 heavy (non-hydrogen) atoms. The van der Waals surface area contributed by atoms with E-state index in [2.05, 4.69) is 16.1 Å². The Morgan fingerprint density at radius 3 is 2.73 bits per heavy atom. The molecule has 4 rings (SSSR count). The van der Waals surface area contributed by atoms with Crippen LogP contribution in [0.2, 0.25) is 0 Å². The lowest BCUT2D eigenvalue weighted by Crippen LogP contribution is -2.55. The summed E-state index contributed by atoms with van der Waals surface area (Å²) in [6.07, 6.45) is 5.87. The van der Waals surface area contributed by atoms with Crippen LogP contribution < -0.4 is 5.73 Å². The van der Waals surface area contributed by atoms with Crippen LogP contribution in [0.1, 0.15) is 18.5 Å². The monoisotopic (exact) mass is 357 g/mol. The molecule has 0 aromatic carbocycles. The average Bonchev–Trinajstić information content (AvgIpc) is 3.10. The van der Waals surface area contributed by atoms with Gasteiger partial charge >= 0.3 is 0 Å². The number of imidazole rings is 1. The molecule has 2 fully saturated rings. The second-order valence-electron chi connectivity index (χ2n) is 7.28. The highest BCUT2D eigenvalue weighted by Gasteiger charge is 2.31. The van der Waals surface area contributed by atoms with Crippen LogP contribution in [-0.2, 0) is 16.1 Å². The Balaban J connectivity index is 1.30. The molecule has 140 valence electrons. The van der Waals surface area contributed by atoms with Crippen LogP contribution in [0.5, 0.6) is 0 Å². The van der Waals surface area contributed by atoms with Gasteiger partial charge in [0.2, 0.25) is 5.91 Å². The second kappa shape index (κ2) is 7.73. The molecule has 0 spiro atoms. The molecule has 0 radical (unpaired) electrons. The SMILES string of the molecule is NC(C(=O)N1CCN(Cc2cn3ccccc3n2)CC1)C1CCOCC1. The number of ether oxygens (including phenoxy) is 1. The first kappa shape index (κ1) is 17.5. The van der Waals surface area contributed by atoms with E-state index in [1.54, 1.807) is 0 Å². The summed E-state index contributed by atoms with van der Waals surface area (Å²) < 4.78 is 7.42. The van der Waals surface area contributed by atoms with Gasteiger partial charge in [-0.15, -0.1) is 0 Å². The van der Waals surface area contributed by atoms with Gasteiger partial charge in [-0.3, -0.25) is 9.69 Å². The molecule has 1 unspecified atom stereocenters. The maximum absolute atomic E-state index is 12.7. The number of hydrogen-bond donors (Lipinski definition) is 1. The number of pyridine rings is 1. The molecule has 0 aliphatic carbocycles. The summed E-state index contributed by atoms with van der Waals surface area (Å²) in [5.74, 6) is 0.358. The van der Waals surface area contributed by atoms with Gasteiger partial charge in [0.15, 0.2) is 0 Å². The number of nitrogens with two attached hydrogens (primary N) is 1. The van der Waals surface area contributed by atoms with Crippen molar-refractivity contribution in [2.45, 2.75) is 25.4 Å². The number of hydrogen-bond acceptors (Lipinski definition) is 5. The molecule has 0 bridgehead atoms. The summed E-state index contributed by atoms with van der Waals surface area (Å²) in [6.45, 7) is 5.46. The minimum Gasteiger partial charge on any atom is -0.381 e. The molecule has 2 aliphatic rings. The number of nitrogens with zero attached hydrogens (tertiary/aromatic N) is 4. The fraction of sp³-hybridized carbons (Fsp3) is 0.579. The third kappa shape index (κ3) is 3.75. The van der Waals surface area contributed by atoms with E-state index in [4.69, 9.17) is 10.5 Å². The molecule has 2 aliphatic heterocycles. The molecule has 1 atom stereocenters. The van der Waals surface area contributed by atoms with Crippen molar-refractivity contribution in [1.82, 2.24) is 19.2 Å². The van der Waals surface area contributed by atoms with E-state index in [0.29, 0.717) is 0 Å². The van der Waals surface area contributed by atoms with Gasteiger partial charge in [0, 0.05) is 58.3 Å². The summed E-state index contributed by atoms with van der Waals surface area (Å²) in [7, 11) is 0. The summed E-state index contributed by atoms with van der Waals surface area (Å²) in [5, 5.41) is 0. The number of carbonyl (C=O) groups is 1. The van der Waals surface area contributed by atoms with Gasteiger partial charge in [-0.05, 0) is 30.9 Å². The van der Waals surface area contributed by atoms with Crippen LogP contribution in [0.4, 0.5) is 0 Å². The zero-order valence-corrected chi connectivity index (χ0v) is 15.1. The van der Waals surface area contributed by atoms with Crippen molar-refractivity contribution in [3.05, 3.63) is 36.3 Å². The number of piperazine rings is 1. The minimum atomic E-state index is -0.385. The smallest absolute Gasteiger partial charge is 0.239 e. The van der Waals surface area contributed by atoms with Crippen molar-refractivity contribution in [3.8, 4) is 0 Å². The van der Waals surface area contributed by atoms with Gasteiger partial charge in [0.25, 0.3) is 0 Å². The Kier molecular flexibility index (Phi) is 5.19. The van der Waals surface area contributed by atoms with Crippen LogP contribution in [-0.4, -0.2) is 70.5 Å². The zero-order chi connectivity index (χ0) is 17.9. The Bertz CT molecular complexity index is 714.